The normalized spacial score (nSPS) is 19.0. The molecule has 0 atom stereocenters. The third-order valence-corrected chi connectivity index (χ3v) is 4.90. The molecule has 0 bridgehead atoms. The molecular weight excluding hydrogens is 329 g/mol. The fourth-order valence-corrected chi connectivity index (χ4v) is 2.79. The van der Waals surface area contributed by atoms with Crippen LogP contribution < -0.4 is 5.46 Å². The number of benzene rings is 1. The second kappa shape index (κ2) is 6.17. The van der Waals surface area contributed by atoms with Crippen LogP contribution in [0.4, 0.5) is 4.39 Å². The number of rotatable bonds is 4. The van der Waals surface area contributed by atoms with Crippen molar-refractivity contribution in [1.29, 1.82) is 0 Å². The Hall–Kier alpha value is -1.37. The Labute approximate surface area is 147 Å². The Bertz CT molecular complexity index is 715. The van der Waals surface area contributed by atoms with E-state index in [1.807, 2.05) is 33.9 Å². The minimum Gasteiger partial charge on any atom is -0.399 e. The number of alkyl halides is 1. The SMILES string of the molecule is CC1(C)OB(c2cn(CCCl)nc2-c2ccc(F)cc2)OC1(C)C. The summed E-state index contributed by atoms with van der Waals surface area (Å²) in [6.45, 7) is 8.61. The van der Waals surface area contributed by atoms with Crippen LogP contribution in [-0.4, -0.2) is 34.0 Å². The lowest BCUT2D eigenvalue weighted by atomic mass is 9.78. The Morgan fingerprint density at radius 2 is 1.71 bits per heavy atom. The number of nitrogens with zero attached hydrogens (tertiary/aromatic N) is 2. The van der Waals surface area contributed by atoms with E-state index in [1.165, 1.54) is 12.1 Å². The van der Waals surface area contributed by atoms with Crippen molar-refractivity contribution in [3.8, 4) is 11.3 Å². The average molecular weight is 351 g/mol. The predicted octanol–water partition coefficient (Wildman–Crippen LogP) is 3.23. The maximum absolute atomic E-state index is 13.2. The highest BCUT2D eigenvalue weighted by molar-refractivity contribution is 6.63. The van der Waals surface area contributed by atoms with Crippen molar-refractivity contribution in [3.63, 3.8) is 0 Å². The molecule has 0 aliphatic carbocycles. The van der Waals surface area contributed by atoms with E-state index in [0.29, 0.717) is 12.4 Å². The third-order valence-electron chi connectivity index (χ3n) is 4.73. The molecule has 7 heteroatoms. The lowest BCUT2D eigenvalue weighted by Gasteiger charge is -2.32. The molecule has 0 unspecified atom stereocenters. The summed E-state index contributed by atoms with van der Waals surface area (Å²) in [4.78, 5) is 0. The summed E-state index contributed by atoms with van der Waals surface area (Å²) in [5.41, 5.74) is 1.48. The van der Waals surface area contributed by atoms with Gasteiger partial charge in [-0.2, -0.15) is 5.10 Å². The van der Waals surface area contributed by atoms with Crippen molar-refractivity contribution in [3.05, 3.63) is 36.3 Å². The van der Waals surface area contributed by atoms with Gasteiger partial charge in [0.15, 0.2) is 0 Å². The summed E-state index contributed by atoms with van der Waals surface area (Å²) in [5.74, 6) is 0.170. The fourth-order valence-electron chi connectivity index (χ4n) is 2.61. The van der Waals surface area contributed by atoms with Crippen LogP contribution in [0.25, 0.3) is 11.3 Å². The van der Waals surface area contributed by atoms with E-state index in [4.69, 9.17) is 20.9 Å². The summed E-state index contributed by atoms with van der Waals surface area (Å²) < 4.78 is 27.3. The van der Waals surface area contributed by atoms with Gasteiger partial charge in [0.1, 0.15) is 5.82 Å². The molecule has 1 aliphatic heterocycles. The van der Waals surface area contributed by atoms with Crippen LogP contribution >= 0.6 is 11.6 Å². The van der Waals surface area contributed by atoms with Gasteiger partial charge in [-0.15, -0.1) is 11.6 Å². The van der Waals surface area contributed by atoms with Crippen LogP contribution in [0.3, 0.4) is 0 Å². The molecule has 128 valence electrons. The lowest BCUT2D eigenvalue weighted by molar-refractivity contribution is 0.00578. The van der Waals surface area contributed by atoms with Crippen molar-refractivity contribution in [2.75, 3.05) is 5.88 Å². The zero-order valence-electron chi connectivity index (χ0n) is 14.3. The number of halogens is 2. The second-order valence-corrected chi connectivity index (χ2v) is 7.36. The first-order valence-electron chi connectivity index (χ1n) is 7.98. The van der Waals surface area contributed by atoms with Gasteiger partial charge in [0.25, 0.3) is 0 Å². The zero-order valence-corrected chi connectivity index (χ0v) is 15.1. The lowest BCUT2D eigenvalue weighted by Crippen LogP contribution is -2.41. The molecule has 1 saturated heterocycles. The Kier molecular flexibility index (Phi) is 4.49. The molecule has 0 radical (unpaired) electrons. The van der Waals surface area contributed by atoms with Crippen molar-refractivity contribution >= 4 is 24.2 Å². The quantitative estimate of drug-likeness (QED) is 0.627. The van der Waals surface area contributed by atoms with Crippen LogP contribution in [0.15, 0.2) is 30.5 Å². The molecule has 0 amide bonds. The van der Waals surface area contributed by atoms with E-state index in [0.717, 1.165) is 16.7 Å². The Morgan fingerprint density at radius 3 is 2.25 bits per heavy atom. The van der Waals surface area contributed by atoms with Crippen LogP contribution in [0.2, 0.25) is 0 Å². The number of hydrogen-bond donors (Lipinski definition) is 0. The molecule has 1 aromatic carbocycles. The third kappa shape index (κ3) is 3.10. The van der Waals surface area contributed by atoms with Gasteiger partial charge in [-0.05, 0) is 52.0 Å². The van der Waals surface area contributed by atoms with E-state index in [9.17, 15) is 4.39 Å². The van der Waals surface area contributed by atoms with E-state index in [1.54, 1.807) is 16.8 Å². The molecule has 24 heavy (non-hydrogen) atoms. The zero-order chi connectivity index (χ0) is 17.5. The highest BCUT2D eigenvalue weighted by atomic mass is 35.5. The molecular formula is C17H21BClFN2O2. The topological polar surface area (TPSA) is 36.3 Å². The van der Waals surface area contributed by atoms with Crippen molar-refractivity contribution in [2.24, 2.45) is 0 Å². The second-order valence-electron chi connectivity index (χ2n) is 6.98. The molecule has 4 nitrogen and oxygen atoms in total. The predicted molar refractivity (Wildman–Crippen MR) is 94.1 cm³/mol. The van der Waals surface area contributed by atoms with Crippen molar-refractivity contribution in [2.45, 2.75) is 45.4 Å². The van der Waals surface area contributed by atoms with E-state index in [-0.39, 0.29) is 5.82 Å². The molecule has 1 fully saturated rings. The highest BCUT2D eigenvalue weighted by Crippen LogP contribution is 2.37. The highest BCUT2D eigenvalue weighted by Gasteiger charge is 2.52. The first-order valence-corrected chi connectivity index (χ1v) is 8.52. The molecule has 3 rings (SSSR count). The largest absolute Gasteiger partial charge is 0.498 e. The number of hydrogen-bond acceptors (Lipinski definition) is 3. The molecule has 1 aromatic heterocycles. The van der Waals surface area contributed by atoms with E-state index in [2.05, 4.69) is 5.10 Å². The van der Waals surface area contributed by atoms with Gasteiger partial charge < -0.3 is 9.31 Å². The van der Waals surface area contributed by atoms with E-state index >= 15 is 0 Å². The summed E-state index contributed by atoms with van der Waals surface area (Å²) in [7, 11) is -0.529. The van der Waals surface area contributed by atoms with Crippen molar-refractivity contribution < 1.29 is 13.7 Å². The van der Waals surface area contributed by atoms with Gasteiger partial charge in [-0.3, -0.25) is 4.68 Å². The number of aromatic nitrogens is 2. The van der Waals surface area contributed by atoms with Gasteiger partial charge in [-0.1, -0.05) is 0 Å². The van der Waals surface area contributed by atoms with Gasteiger partial charge in [-0.25, -0.2) is 4.39 Å². The van der Waals surface area contributed by atoms with Gasteiger partial charge in [0.05, 0.1) is 23.4 Å². The van der Waals surface area contributed by atoms with Crippen molar-refractivity contribution in [1.82, 2.24) is 9.78 Å². The molecule has 2 aromatic rings. The Morgan fingerprint density at radius 1 is 1.12 bits per heavy atom. The molecule has 0 N–H and O–H groups in total. The first kappa shape index (κ1) is 17.5. The van der Waals surface area contributed by atoms with Gasteiger partial charge in [0, 0.05) is 23.1 Å². The summed E-state index contributed by atoms with van der Waals surface area (Å²) in [6, 6.07) is 6.25. The summed E-state index contributed by atoms with van der Waals surface area (Å²) in [5, 5.41) is 4.59. The van der Waals surface area contributed by atoms with Crippen LogP contribution in [0.5, 0.6) is 0 Å². The maximum Gasteiger partial charge on any atom is 0.498 e. The standard InChI is InChI=1S/C17H21BClFN2O2/c1-16(2)17(3,4)24-18(23-16)14-11-22(10-9-19)21-15(14)12-5-7-13(20)8-6-12/h5-8,11H,9-10H2,1-4H3. The van der Waals surface area contributed by atoms with E-state index < -0.39 is 18.3 Å². The molecule has 1 aliphatic rings. The first-order chi connectivity index (χ1) is 11.2. The average Bonchev–Trinajstić information content (AvgIpc) is 2.99. The monoisotopic (exact) mass is 350 g/mol. The molecule has 0 spiro atoms. The smallest absolute Gasteiger partial charge is 0.399 e. The minimum absolute atomic E-state index is 0.281. The fraction of sp³-hybridized carbons (Fsp3) is 0.471. The van der Waals surface area contributed by atoms with Crippen LogP contribution in [0.1, 0.15) is 27.7 Å². The van der Waals surface area contributed by atoms with Crippen LogP contribution in [-0.2, 0) is 15.9 Å². The summed E-state index contributed by atoms with van der Waals surface area (Å²) in [6.07, 6.45) is 1.89. The van der Waals surface area contributed by atoms with Gasteiger partial charge >= 0.3 is 7.12 Å². The summed E-state index contributed by atoms with van der Waals surface area (Å²) >= 11 is 5.84. The molecule has 2 heterocycles. The molecule has 0 saturated carbocycles. The Balaban J connectivity index is 2.02. The number of aryl methyl sites for hydroxylation is 1. The minimum atomic E-state index is -0.529. The van der Waals surface area contributed by atoms with Gasteiger partial charge in [0.2, 0.25) is 0 Å². The maximum atomic E-state index is 13.2. The van der Waals surface area contributed by atoms with Crippen LogP contribution in [0, 0.1) is 5.82 Å².